The summed E-state index contributed by atoms with van der Waals surface area (Å²) in [4.78, 5) is 35.8. The predicted octanol–water partition coefficient (Wildman–Crippen LogP) is 4.66. The Labute approximate surface area is 177 Å². The lowest BCUT2D eigenvalue weighted by Crippen LogP contribution is -2.30. The van der Waals surface area contributed by atoms with E-state index >= 15 is 0 Å². The SMILES string of the molecule is O=C(Nc1ccc(Cl)c([N+](=O)[O-])c1)C(=Cc1ccccc1)NC(=O)c1ccccc1. The zero-order chi connectivity index (χ0) is 21.5. The van der Waals surface area contributed by atoms with Crippen molar-refractivity contribution in [3.63, 3.8) is 0 Å². The van der Waals surface area contributed by atoms with E-state index in [1.54, 1.807) is 54.6 Å². The molecule has 150 valence electrons. The molecule has 0 radical (unpaired) electrons. The van der Waals surface area contributed by atoms with Gasteiger partial charge in [-0.25, -0.2) is 0 Å². The van der Waals surface area contributed by atoms with Crippen LogP contribution in [0.4, 0.5) is 11.4 Å². The Morgan fingerprint density at radius 2 is 1.57 bits per heavy atom. The number of amides is 2. The van der Waals surface area contributed by atoms with Crippen LogP contribution in [0, 0.1) is 10.1 Å². The van der Waals surface area contributed by atoms with Gasteiger partial charge in [-0.05, 0) is 35.9 Å². The summed E-state index contributed by atoms with van der Waals surface area (Å²) in [7, 11) is 0. The molecule has 0 bridgehead atoms. The van der Waals surface area contributed by atoms with Crippen molar-refractivity contribution >= 4 is 40.9 Å². The monoisotopic (exact) mass is 421 g/mol. The number of nitrogens with one attached hydrogen (secondary N) is 2. The lowest BCUT2D eigenvalue weighted by molar-refractivity contribution is -0.384. The van der Waals surface area contributed by atoms with Gasteiger partial charge in [0.2, 0.25) is 0 Å². The van der Waals surface area contributed by atoms with Crippen LogP contribution >= 0.6 is 11.6 Å². The van der Waals surface area contributed by atoms with Gasteiger partial charge in [0.15, 0.2) is 0 Å². The zero-order valence-electron chi connectivity index (χ0n) is 15.5. The quantitative estimate of drug-likeness (QED) is 0.343. The first-order valence-electron chi connectivity index (χ1n) is 8.82. The Balaban J connectivity index is 1.89. The Kier molecular flexibility index (Phi) is 6.56. The molecule has 3 aromatic carbocycles. The summed E-state index contributed by atoms with van der Waals surface area (Å²) in [5.74, 6) is -1.10. The minimum Gasteiger partial charge on any atom is -0.320 e. The van der Waals surface area contributed by atoms with Crippen molar-refractivity contribution in [2.75, 3.05) is 5.32 Å². The molecule has 0 unspecified atom stereocenters. The first kappa shape index (κ1) is 20.8. The second-order valence-corrected chi connectivity index (χ2v) is 6.57. The fourth-order valence-corrected chi connectivity index (χ4v) is 2.77. The minimum atomic E-state index is -0.643. The molecular weight excluding hydrogens is 406 g/mol. The van der Waals surface area contributed by atoms with Crippen LogP contribution in [-0.2, 0) is 4.79 Å². The highest BCUT2D eigenvalue weighted by atomic mass is 35.5. The molecule has 2 amide bonds. The molecular formula is C22H16ClN3O4. The summed E-state index contributed by atoms with van der Waals surface area (Å²) in [6.45, 7) is 0. The average molecular weight is 422 g/mol. The number of nitro groups is 1. The van der Waals surface area contributed by atoms with Gasteiger partial charge in [0.25, 0.3) is 17.5 Å². The lowest BCUT2D eigenvalue weighted by atomic mass is 10.1. The first-order chi connectivity index (χ1) is 14.4. The molecule has 2 N–H and O–H groups in total. The summed E-state index contributed by atoms with van der Waals surface area (Å²) < 4.78 is 0. The van der Waals surface area contributed by atoms with Crippen molar-refractivity contribution < 1.29 is 14.5 Å². The van der Waals surface area contributed by atoms with E-state index in [4.69, 9.17) is 11.6 Å². The van der Waals surface area contributed by atoms with Crippen LogP contribution in [0.2, 0.25) is 5.02 Å². The van der Waals surface area contributed by atoms with Crippen molar-refractivity contribution in [2.45, 2.75) is 0 Å². The van der Waals surface area contributed by atoms with Crippen LogP contribution in [0.15, 0.2) is 84.6 Å². The fraction of sp³-hybridized carbons (Fsp3) is 0. The second-order valence-electron chi connectivity index (χ2n) is 6.17. The molecule has 3 rings (SSSR count). The molecule has 0 fully saturated rings. The normalized spacial score (nSPS) is 10.9. The number of anilines is 1. The summed E-state index contributed by atoms with van der Waals surface area (Å²) >= 11 is 5.81. The smallest absolute Gasteiger partial charge is 0.289 e. The molecule has 0 aliphatic carbocycles. The molecule has 0 spiro atoms. The molecule has 0 aliphatic heterocycles. The number of carbonyl (C=O) groups excluding carboxylic acids is 2. The van der Waals surface area contributed by atoms with Gasteiger partial charge in [-0.2, -0.15) is 0 Å². The highest BCUT2D eigenvalue weighted by Crippen LogP contribution is 2.27. The summed E-state index contributed by atoms with van der Waals surface area (Å²) in [5, 5.41) is 16.2. The molecule has 30 heavy (non-hydrogen) atoms. The van der Waals surface area contributed by atoms with Gasteiger partial charge < -0.3 is 10.6 Å². The van der Waals surface area contributed by atoms with Gasteiger partial charge >= 0.3 is 0 Å². The Hall–Kier alpha value is -3.97. The van der Waals surface area contributed by atoms with Crippen molar-refractivity contribution in [1.29, 1.82) is 0 Å². The molecule has 0 aromatic heterocycles. The summed E-state index contributed by atoms with van der Waals surface area (Å²) in [6, 6.07) is 21.3. The molecule has 0 saturated heterocycles. The highest BCUT2D eigenvalue weighted by Gasteiger charge is 2.18. The van der Waals surface area contributed by atoms with Crippen LogP contribution in [-0.4, -0.2) is 16.7 Å². The zero-order valence-corrected chi connectivity index (χ0v) is 16.3. The largest absolute Gasteiger partial charge is 0.320 e. The van der Waals surface area contributed by atoms with E-state index in [0.29, 0.717) is 11.1 Å². The lowest BCUT2D eigenvalue weighted by Gasteiger charge is -2.11. The molecule has 3 aromatic rings. The molecule has 0 heterocycles. The number of hydrogen-bond acceptors (Lipinski definition) is 4. The van der Waals surface area contributed by atoms with Crippen LogP contribution in [0.5, 0.6) is 0 Å². The van der Waals surface area contributed by atoms with E-state index in [-0.39, 0.29) is 22.1 Å². The van der Waals surface area contributed by atoms with Crippen LogP contribution in [0.3, 0.4) is 0 Å². The third kappa shape index (κ3) is 5.30. The number of carbonyl (C=O) groups is 2. The topological polar surface area (TPSA) is 101 Å². The number of rotatable bonds is 6. The van der Waals surface area contributed by atoms with Crippen LogP contribution in [0.25, 0.3) is 6.08 Å². The van der Waals surface area contributed by atoms with Crippen LogP contribution < -0.4 is 10.6 Å². The van der Waals surface area contributed by atoms with E-state index in [1.807, 2.05) is 6.07 Å². The third-order valence-electron chi connectivity index (χ3n) is 4.04. The van der Waals surface area contributed by atoms with Gasteiger partial charge in [0, 0.05) is 17.3 Å². The number of nitro benzene ring substituents is 1. The van der Waals surface area contributed by atoms with Crippen molar-refractivity contribution in [2.24, 2.45) is 0 Å². The number of hydrogen-bond donors (Lipinski definition) is 2. The standard InChI is InChI=1S/C22H16ClN3O4/c23-18-12-11-17(14-20(18)26(29)30)24-22(28)19(13-15-7-3-1-4-8-15)25-21(27)16-9-5-2-6-10-16/h1-14H,(H,24,28)(H,25,27). The highest BCUT2D eigenvalue weighted by molar-refractivity contribution is 6.32. The van der Waals surface area contributed by atoms with E-state index in [0.717, 1.165) is 6.07 Å². The van der Waals surface area contributed by atoms with Gasteiger partial charge in [0.05, 0.1) is 4.92 Å². The average Bonchev–Trinajstić information content (AvgIpc) is 2.75. The maximum absolute atomic E-state index is 12.9. The number of nitrogens with zero attached hydrogens (tertiary/aromatic N) is 1. The van der Waals surface area contributed by atoms with Crippen LogP contribution in [0.1, 0.15) is 15.9 Å². The van der Waals surface area contributed by atoms with Gasteiger partial charge in [-0.3, -0.25) is 19.7 Å². The Morgan fingerprint density at radius 3 is 2.20 bits per heavy atom. The van der Waals surface area contributed by atoms with E-state index in [1.165, 1.54) is 18.2 Å². The van der Waals surface area contributed by atoms with E-state index in [9.17, 15) is 19.7 Å². The molecule has 0 atom stereocenters. The summed E-state index contributed by atoms with van der Waals surface area (Å²) in [6.07, 6.45) is 1.51. The molecule has 0 aliphatic rings. The maximum atomic E-state index is 12.9. The second kappa shape index (κ2) is 9.49. The number of benzene rings is 3. The maximum Gasteiger partial charge on any atom is 0.289 e. The van der Waals surface area contributed by atoms with E-state index < -0.39 is 16.7 Å². The van der Waals surface area contributed by atoms with Crippen molar-refractivity contribution in [3.8, 4) is 0 Å². The molecule has 8 heteroatoms. The summed E-state index contributed by atoms with van der Waals surface area (Å²) in [5.41, 5.74) is 0.887. The molecule has 7 nitrogen and oxygen atoms in total. The Bertz CT molecular complexity index is 1120. The van der Waals surface area contributed by atoms with Gasteiger partial charge in [0.1, 0.15) is 10.7 Å². The van der Waals surface area contributed by atoms with Gasteiger partial charge in [-0.15, -0.1) is 0 Å². The van der Waals surface area contributed by atoms with Gasteiger partial charge in [-0.1, -0.05) is 60.1 Å². The minimum absolute atomic E-state index is 0.0207. The third-order valence-corrected chi connectivity index (χ3v) is 4.36. The fourth-order valence-electron chi connectivity index (χ4n) is 2.59. The van der Waals surface area contributed by atoms with Crippen molar-refractivity contribution in [1.82, 2.24) is 5.32 Å². The Morgan fingerprint density at radius 1 is 0.933 bits per heavy atom. The van der Waals surface area contributed by atoms with Crippen molar-refractivity contribution in [3.05, 3.63) is 111 Å². The van der Waals surface area contributed by atoms with E-state index in [2.05, 4.69) is 10.6 Å². The molecule has 0 saturated carbocycles. The first-order valence-corrected chi connectivity index (χ1v) is 9.20. The predicted molar refractivity (Wildman–Crippen MR) is 115 cm³/mol. The number of halogens is 1.